The first-order chi connectivity index (χ1) is 19.2. The van der Waals surface area contributed by atoms with Crippen molar-refractivity contribution in [2.24, 2.45) is 22.9 Å². The minimum absolute atomic E-state index is 0.00260. The maximum Gasteiger partial charge on any atom is 0.416 e. The summed E-state index contributed by atoms with van der Waals surface area (Å²) in [6, 6.07) is 7.15. The van der Waals surface area contributed by atoms with Crippen LogP contribution >= 0.6 is 0 Å². The number of carbonyl (C=O) groups is 1. The lowest BCUT2D eigenvalue weighted by Gasteiger charge is -2.49. The first-order valence-corrected chi connectivity index (χ1v) is 14.0. The molecule has 41 heavy (non-hydrogen) atoms. The molecule has 5 rings (SSSR count). The van der Waals surface area contributed by atoms with Gasteiger partial charge in [-0.3, -0.25) is 9.78 Å². The molecular weight excluding hydrogens is 566 g/mol. The van der Waals surface area contributed by atoms with Gasteiger partial charge in [-0.1, -0.05) is 0 Å². The van der Waals surface area contributed by atoms with Crippen LogP contribution in [-0.2, 0) is 29.0 Å². The summed E-state index contributed by atoms with van der Waals surface area (Å²) in [6.07, 6.45) is -0.744. The van der Waals surface area contributed by atoms with Crippen molar-refractivity contribution in [1.82, 2.24) is 24.1 Å². The van der Waals surface area contributed by atoms with Crippen LogP contribution in [0.2, 0.25) is 0 Å². The number of rotatable bonds is 6. The topological polar surface area (TPSA) is 140 Å². The van der Waals surface area contributed by atoms with E-state index in [9.17, 15) is 30.8 Å². The van der Waals surface area contributed by atoms with Gasteiger partial charge in [-0.05, 0) is 67.1 Å². The Labute approximate surface area is 233 Å². The Morgan fingerprint density at radius 1 is 1.22 bits per heavy atom. The van der Waals surface area contributed by atoms with Crippen molar-refractivity contribution in [3.63, 3.8) is 0 Å². The highest BCUT2D eigenvalue weighted by Crippen LogP contribution is 2.48. The van der Waals surface area contributed by atoms with Gasteiger partial charge in [0.2, 0.25) is 0 Å². The number of benzene rings is 1. The molecule has 1 aliphatic carbocycles. The number of ketones is 1. The Kier molecular flexibility index (Phi) is 7.16. The van der Waals surface area contributed by atoms with Crippen molar-refractivity contribution >= 4 is 15.8 Å². The number of hydrogen-bond acceptors (Lipinski definition) is 8. The maximum absolute atomic E-state index is 14.2. The molecule has 0 bridgehead atoms. The van der Waals surface area contributed by atoms with Crippen LogP contribution < -0.4 is 11.6 Å². The Balaban J connectivity index is 1.60. The van der Waals surface area contributed by atoms with E-state index in [0.29, 0.717) is 17.3 Å². The van der Waals surface area contributed by atoms with Gasteiger partial charge in [-0.2, -0.15) is 22.6 Å². The third-order valence-electron chi connectivity index (χ3n) is 7.68. The number of Topliss-reactive ketones (excluding diaryl/α,β-unsaturated/α-hetero) is 1. The summed E-state index contributed by atoms with van der Waals surface area (Å²) in [5, 5.41) is 4.87. The molecule has 0 spiro atoms. The van der Waals surface area contributed by atoms with Crippen LogP contribution in [0.3, 0.4) is 0 Å². The fourth-order valence-electron chi connectivity index (χ4n) is 5.69. The number of hydrogen-bond donors (Lipinski definition) is 2. The predicted molar refractivity (Wildman–Crippen MR) is 140 cm³/mol. The number of fused-ring (bicyclic) bond motifs is 2. The molecule has 2 aliphatic rings. The zero-order chi connectivity index (χ0) is 29.7. The van der Waals surface area contributed by atoms with E-state index >= 15 is 0 Å². The molecule has 15 heteroatoms. The van der Waals surface area contributed by atoms with Crippen molar-refractivity contribution in [1.29, 1.82) is 0 Å². The van der Waals surface area contributed by atoms with Crippen molar-refractivity contribution in [3.8, 4) is 5.69 Å². The van der Waals surface area contributed by atoms with Crippen molar-refractivity contribution < 1.29 is 30.8 Å². The Morgan fingerprint density at radius 3 is 2.59 bits per heavy atom. The van der Waals surface area contributed by atoms with Gasteiger partial charge in [-0.15, -0.1) is 0 Å². The number of piperidine rings is 1. The predicted octanol–water partition coefficient (Wildman–Crippen LogP) is 2.61. The number of pyridine rings is 1. The molecule has 0 radical (unpaired) electrons. The monoisotopic (exact) mass is 593 g/mol. The van der Waals surface area contributed by atoms with Gasteiger partial charge in [0.15, 0.2) is 10.8 Å². The highest BCUT2D eigenvalue weighted by molar-refractivity contribution is 7.92. The van der Waals surface area contributed by atoms with Gasteiger partial charge in [0.1, 0.15) is 11.5 Å². The van der Waals surface area contributed by atoms with Crippen LogP contribution in [-0.4, -0.2) is 58.4 Å². The first-order valence-electron chi connectivity index (χ1n) is 12.6. The second-order valence-electron chi connectivity index (χ2n) is 10.3. The lowest BCUT2D eigenvalue weighted by molar-refractivity contribution is -0.137. The summed E-state index contributed by atoms with van der Waals surface area (Å²) in [7, 11) is -2.88. The molecule has 3 aromatic rings. The number of aromatic nitrogens is 3. The van der Waals surface area contributed by atoms with E-state index < -0.39 is 55.4 Å². The summed E-state index contributed by atoms with van der Waals surface area (Å²) < 4.78 is 83.5. The fourth-order valence-corrected chi connectivity index (χ4v) is 7.04. The maximum atomic E-state index is 14.2. The molecule has 1 saturated heterocycles. The van der Waals surface area contributed by atoms with Gasteiger partial charge in [0, 0.05) is 32.0 Å². The van der Waals surface area contributed by atoms with E-state index in [-0.39, 0.29) is 32.4 Å². The van der Waals surface area contributed by atoms with E-state index in [1.807, 2.05) is 0 Å². The Hall–Kier alpha value is -3.82. The molecule has 10 nitrogen and oxygen atoms in total. The summed E-state index contributed by atoms with van der Waals surface area (Å²) in [5.74, 6) is 3.96. The number of carbonyl (C=O) groups excluding carboxylic acids is 1. The van der Waals surface area contributed by atoms with Crippen molar-refractivity contribution in [2.45, 2.75) is 25.4 Å². The molecule has 2 atom stereocenters. The van der Waals surface area contributed by atoms with Gasteiger partial charge < -0.3 is 10.7 Å². The van der Waals surface area contributed by atoms with Crippen LogP contribution in [0.5, 0.6) is 0 Å². The minimum atomic E-state index is -4.71. The average molecular weight is 594 g/mol. The van der Waals surface area contributed by atoms with Gasteiger partial charge in [-0.25, -0.2) is 23.3 Å². The smallest absolute Gasteiger partial charge is 0.387 e. The van der Waals surface area contributed by atoms with Crippen LogP contribution in [0.25, 0.3) is 5.69 Å². The third-order valence-corrected chi connectivity index (χ3v) is 9.37. The summed E-state index contributed by atoms with van der Waals surface area (Å²) in [4.78, 5) is 18.1. The largest absolute Gasteiger partial charge is 0.416 e. The van der Waals surface area contributed by atoms with E-state index in [1.54, 1.807) is 16.8 Å². The van der Waals surface area contributed by atoms with Gasteiger partial charge in [0.25, 0.3) is 10.0 Å². The lowest BCUT2D eigenvalue weighted by atomic mass is 9.60. The van der Waals surface area contributed by atoms with E-state index in [1.165, 1.54) is 25.4 Å². The second kappa shape index (κ2) is 10.2. The summed E-state index contributed by atoms with van der Waals surface area (Å²) in [6.45, 7) is -0.318. The number of nitrogens with zero attached hydrogens (tertiary/aromatic N) is 5. The van der Waals surface area contributed by atoms with E-state index in [4.69, 9.17) is 11.6 Å². The molecule has 0 saturated carbocycles. The molecule has 3 heterocycles. The van der Waals surface area contributed by atoms with Crippen molar-refractivity contribution in [2.75, 3.05) is 20.1 Å². The molecular formula is C26H27F4N7O3S. The molecule has 1 fully saturated rings. The van der Waals surface area contributed by atoms with E-state index in [0.717, 1.165) is 33.5 Å². The highest BCUT2D eigenvalue weighted by atomic mass is 32.2. The fraction of sp³-hybridized carbons (Fsp3) is 0.346. The molecule has 1 aromatic carbocycles. The molecule has 218 valence electrons. The van der Waals surface area contributed by atoms with Gasteiger partial charge >= 0.3 is 6.18 Å². The zero-order valence-corrected chi connectivity index (χ0v) is 22.7. The third kappa shape index (κ3) is 5.20. The van der Waals surface area contributed by atoms with Crippen LogP contribution in [0.15, 0.2) is 60.0 Å². The average Bonchev–Trinajstić information content (AvgIpc) is 3.32. The molecule has 4 N–H and O–H groups in total. The standard InChI is InChI=1S/C26H27F4N7O3S/c1-35(32)14-23(31)41(39,40)36-9-7-17-11-22-16(13-34-37(22)20-4-2-19(27)3-5-20)12-25(17,15-36)24(38)21-10-18(6-8-33-21)26(28,29)30/h2-6,8,10,13-14,17H,7,9,11-12,15,31-32H2,1H3/b23-14+/t17?,25-/m0/s1. The number of halogens is 4. The van der Waals surface area contributed by atoms with Crippen LogP contribution in [0.1, 0.15) is 33.7 Å². The van der Waals surface area contributed by atoms with Crippen molar-refractivity contribution in [3.05, 3.63) is 88.4 Å². The quantitative estimate of drug-likeness (QED) is 0.192. The van der Waals surface area contributed by atoms with Crippen LogP contribution in [0, 0.1) is 17.2 Å². The summed E-state index contributed by atoms with van der Waals surface area (Å²) >= 11 is 0. The highest BCUT2D eigenvalue weighted by Gasteiger charge is 2.55. The SMILES string of the molecule is CN(N)/C=C(\N)S(=O)(=O)N1CCC2Cc3c(cnn3-c3ccc(F)cc3)C[C@]2(C(=O)c2cc(C(F)(F)F)ccn2)C1. The molecule has 1 unspecified atom stereocenters. The Bertz CT molecular complexity index is 1620. The number of alkyl halides is 3. The molecule has 2 aromatic heterocycles. The van der Waals surface area contributed by atoms with Crippen LogP contribution in [0.4, 0.5) is 17.6 Å². The normalized spacial score (nSPS) is 21.7. The van der Waals surface area contributed by atoms with E-state index in [2.05, 4.69) is 10.1 Å². The first kappa shape index (κ1) is 28.7. The number of sulfonamides is 1. The zero-order valence-electron chi connectivity index (χ0n) is 21.8. The van der Waals surface area contributed by atoms with Gasteiger partial charge in [0.05, 0.1) is 29.1 Å². The summed E-state index contributed by atoms with van der Waals surface area (Å²) in [5.41, 5.74) is 4.91. The molecule has 0 amide bonds. The Morgan fingerprint density at radius 2 is 1.93 bits per heavy atom. The number of hydrazine groups is 1. The number of nitrogens with two attached hydrogens (primary N) is 2. The minimum Gasteiger partial charge on any atom is -0.387 e. The second-order valence-corrected chi connectivity index (χ2v) is 12.3. The lowest BCUT2D eigenvalue weighted by Crippen LogP contribution is -2.58. The molecule has 1 aliphatic heterocycles.